The molecule has 3 heterocycles. The summed E-state index contributed by atoms with van der Waals surface area (Å²) in [5, 5.41) is 91.6. The smallest absolute Gasteiger partial charge is 0.187 e. The van der Waals surface area contributed by atoms with Gasteiger partial charge in [-0.15, -0.1) is 6.58 Å². The number of hydrogen-bond donors (Lipinski definition) is 9. The number of aliphatic hydroxyl groups excluding tert-OH is 9. The van der Waals surface area contributed by atoms with E-state index in [9.17, 15) is 46.0 Å². The molecule has 0 bridgehead atoms. The Morgan fingerprint density at radius 3 is 2.10 bits per heavy atom. The molecular weight excluding hydrogens is 540 g/mol. The van der Waals surface area contributed by atoms with Crippen molar-refractivity contribution in [2.75, 3.05) is 19.8 Å². The molecule has 40 heavy (non-hydrogen) atoms. The van der Waals surface area contributed by atoms with Gasteiger partial charge in [-0.2, -0.15) is 0 Å². The molecule has 15 heteroatoms. The minimum atomic E-state index is -1.78. The summed E-state index contributed by atoms with van der Waals surface area (Å²) in [4.78, 5) is 0. The molecule has 3 fully saturated rings. The minimum absolute atomic E-state index is 0.306. The van der Waals surface area contributed by atoms with Crippen molar-refractivity contribution in [1.29, 1.82) is 0 Å². The lowest BCUT2D eigenvalue weighted by Crippen LogP contribution is -2.65. The van der Waals surface area contributed by atoms with E-state index in [1.165, 1.54) is 6.08 Å². The van der Waals surface area contributed by atoms with Gasteiger partial charge in [0.25, 0.3) is 0 Å². The highest BCUT2D eigenvalue weighted by atomic mass is 16.8. The predicted molar refractivity (Wildman–Crippen MR) is 132 cm³/mol. The molecule has 15 atom stereocenters. The van der Waals surface area contributed by atoms with Gasteiger partial charge < -0.3 is 74.4 Å². The van der Waals surface area contributed by atoms with Crippen LogP contribution in [0.25, 0.3) is 0 Å². The summed E-state index contributed by atoms with van der Waals surface area (Å²) in [7, 11) is 0. The lowest BCUT2D eigenvalue weighted by atomic mass is 9.97. The van der Waals surface area contributed by atoms with Crippen LogP contribution in [-0.2, 0) is 28.4 Å². The van der Waals surface area contributed by atoms with Gasteiger partial charge in [-0.05, 0) is 6.42 Å². The van der Waals surface area contributed by atoms with E-state index >= 15 is 0 Å². The highest BCUT2D eigenvalue weighted by molar-refractivity contribution is 4.95. The van der Waals surface area contributed by atoms with Crippen LogP contribution in [0.5, 0.6) is 0 Å². The number of unbranched alkanes of at least 4 members (excludes halogenated alkanes) is 2. The van der Waals surface area contributed by atoms with Crippen molar-refractivity contribution in [2.45, 2.75) is 125 Å². The summed E-state index contributed by atoms with van der Waals surface area (Å²) in [5.41, 5.74) is 0. The number of ether oxygens (including phenoxy) is 6. The average molecular weight is 585 g/mol. The van der Waals surface area contributed by atoms with Gasteiger partial charge >= 0.3 is 0 Å². The van der Waals surface area contributed by atoms with Gasteiger partial charge in [0, 0.05) is 0 Å². The van der Waals surface area contributed by atoms with Gasteiger partial charge in [-0.3, -0.25) is 0 Å². The topological polar surface area (TPSA) is 237 Å². The largest absolute Gasteiger partial charge is 0.394 e. The monoisotopic (exact) mass is 584 g/mol. The van der Waals surface area contributed by atoms with Crippen LogP contribution in [0.2, 0.25) is 0 Å². The Bertz CT molecular complexity index is 758. The van der Waals surface area contributed by atoms with E-state index < -0.39 is 105 Å². The third-order valence-electron chi connectivity index (χ3n) is 7.33. The fourth-order valence-corrected chi connectivity index (χ4v) is 4.76. The maximum Gasteiger partial charge on any atom is 0.187 e. The molecule has 0 unspecified atom stereocenters. The van der Waals surface area contributed by atoms with Crippen molar-refractivity contribution >= 4 is 0 Å². The van der Waals surface area contributed by atoms with E-state index in [4.69, 9.17) is 28.4 Å². The van der Waals surface area contributed by atoms with Crippen molar-refractivity contribution in [3.8, 4) is 0 Å². The molecule has 0 amide bonds. The predicted octanol–water partition coefficient (Wildman–Crippen LogP) is -3.77. The Morgan fingerprint density at radius 2 is 1.45 bits per heavy atom. The minimum Gasteiger partial charge on any atom is -0.394 e. The molecule has 0 spiro atoms. The van der Waals surface area contributed by atoms with Crippen molar-refractivity contribution < 1.29 is 74.4 Å². The highest BCUT2D eigenvalue weighted by Gasteiger charge is 2.51. The van der Waals surface area contributed by atoms with Crippen LogP contribution in [0.15, 0.2) is 12.7 Å². The number of aliphatic hydroxyl groups is 9. The SMILES string of the molecule is C=C[C@@H](CCCCC)O[C@@H]1O[C@H](CO[C@@H]2OC[C@@H](O)[C@H](O)[C@H]2O)[C@@H](O)[C@H](O)[C@H]1O[C@@H]1O[C@H](CO)[C@@H](O)[C@H](O)[C@H]1O. The molecule has 9 N–H and O–H groups in total. The van der Waals surface area contributed by atoms with Crippen molar-refractivity contribution in [1.82, 2.24) is 0 Å². The molecule has 0 aromatic rings. The van der Waals surface area contributed by atoms with Crippen LogP contribution in [0.1, 0.15) is 32.6 Å². The summed E-state index contributed by atoms with van der Waals surface area (Å²) < 4.78 is 33.7. The zero-order valence-corrected chi connectivity index (χ0v) is 22.4. The summed E-state index contributed by atoms with van der Waals surface area (Å²) in [5.74, 6) is 0. The molecular formula is C25H44O15. The van der Waals surface area contributed by atoms with Crippen LogP contribution in [-0.4, -0.2) is 158 Å². The highest BCUT2D eigenvalue weighted by Crippen LogP contribution is 2.31. The summed E-state index contributed by atoms with van der Waals surface area (Å²) >= 11 is 0. The van der Waals surface area contributed by atoms with Gasteiger partial charge in [0.05, 0.1) is 25.9 Å². The van der Waals surface area contributed by atoms with Gasteiger partial charge in [0.2, 0.25) is 0 Å². The number of hydrogen-bond acceptors (Lipinski definition) is 15. The van der Waals surface area contributed by atoms with Gasteiger partial charge in [0.1, 0.15) is 67.1 Å². The molecule has 0 saturated carbocycles. The third-order valence-corrected chi connectivity index (χ3v) is 7.33. The molecule has 0 aromatic heterocycles. The Labute approximate surface area is 232 Å². The normalized spacial score (nSPS) is 45.2. The molecule has 3 rings (SSSR count). The lowest BCUT2D eigenvalue weighted by molar-refractivity contribution is -0.373. The summed E-state index contributed by atoms with van der Waals surface area (Å²) in [6.45, 7) is 4.36. The van der Waals surface area contributed by atoms with E-state index in [2.05, 4.69) is 6.58 Å². The molecule has 0 radical (unpaired) electrons. The van der Waals surface area contributed by atoms with Crippen molar-refractivity contribution in [2.24, 2.45) is 0 Å². The molecule has 3 aliphatic heterocycles. The average Bonchev–Trinajstić information content (AvgIpc) is 2.95. The van der Waals surface area contributed by atoms with Crippen molar-refractivity contribution in [3.05, 3.63) is 12.7 Å². The van der Waals surface area contributed by atoms with Crippen LogP contribution >= 0.6 is 0 Å². The van der Waals surface area contributed by atoms with Crippen LogP contribution in [0, 0.1) is 0 Å². The van der Waals surface area contributed by atoms with Gasteiger partial charge in [-0.1, -0.05) is 32.3 Å². The first-order valence-corrected chi connectivity index (χ1v) is 13.6. The molecule has 15 nitrogen and oxygen atoms in total. The van der Waals surface area contributed by atoms with E-state index in [0.29, 0.717) is 6.42 Å². The Balaban J connectivity index is 1.75. The first-order valence-electron chi connectivity index (χ1n) is 13.6. The maximum atomic E-state index is 11.0. The Hall–Kier alpha value is -0.860. The molecule has 234 valence electrons. The molecule has 3 aliphatic rings. The standard InChI is InChI=1S/C25H44O15/c1-3-5-6-7-11(4-2)37-25-22(40-24-21(34)18(31)16(29)13(8-26)38-24)19(32)17(30)14(39-25)10-36-23-20(33)15(28)12(27)9-35-23/h4,11-34H,2-3,5-10H2,1H3/t11-,12+,13+,14+,15-,16+,17+,18-,19-,20+,21+,22+,23-,24-,25+/m0/s1. The molecule has 3 saturated heterocycles. The van der Waals surface area contributed by atoms with E-state index in [1.54, 1.807) is 0 Å². The van der Waals surface area contributed by atoms with E-state index in [1.807, 2.05) is 6.92 Å². The zero-order chi connectivity index (χ0) is 29.6. The second kappa shape index (κ2) is 15.6. The summed E-state index contributed by atoms with van der Waals surface area (Å²) in [6, 6.07) is 0. The van der Waals surface area contributed by atoms with E-state index in [-0.39, 0.29) is 6.61 Å². The molecule has 0 aliphatic carbocycles. The fraction of sp³-hybridized carbons (Fsp3) is 0.920. The first kappa shape index (κ1) is 33.6. The Kier molecular flexibility index (Phi) is 13.1. The van der Waals surface area contributed by atoms with E-state index in [0.717, 1.165) is 19.3 Å². The maximum absolute atomic E-state index is 11.0. The van der Waals surface area contributed by atoms with Crippen LogP contribution in [0.4, 0.5) is 0 Å². The van der Waals surface area contributed by atoms with Crippen LogP contribution in [0.3, 0.4) is 0 Å². The van der Waals surface area contributed by atoms with Crippen molar-refractivity contribution in [3.63, 3.8) is 0 Å². The fourth-order valence-electron chi connectivity index (χ4n) is 4.76. The third kappa shape index (κ3) is 7.94. The quantitative estimate of drug-likeness (QED) is 0.0746. The van der Waals surface area contributed by atoms with Gasteiger partial charge in [0.15, 0.2) is 18.9 Å². The van der Waals surface area contributed by atoms with Gasteiger partial charge in [-0.25, -0.2) is 0 Å². The zero-order valence-electron chi connectivity index (χ0n) is 22.4. The lowest BCUT2D eigenvalue weighted by Gasteiger charge is -2.46. The molecule has 0 aromatic carbocycles. The first-order chi connectivity index (χ1) is 19.0. The second-order valence-corrected chi connectivity index (χ2v) is 10.3. The van der Waals surface area contributed by atoms with Crippen LogP contribution < -0.4 is 0 Å². The Morgan fingerprint density at radius 1 is 0.800 bits per heavy atom. The number of rotatable bonds is 13. The second-order valence-electron chi connectivity index (χ2n) is 10.3. The summed E-state index contributed by atoms with van der Waals surface area (Å²) in [6.07, 6.45) is -17.2.